The van der Waals surface area contributed by atoms with Gasteiger partial charge in [-0.15, -0.1) is 0 Å². The predicted octanol–water partition coefficient (Wildman–Crippen LogP) is 4.17. The predicted molar refractivity (Wildman–Crippen MR) is 90.0 cm³/mol. The summed E-state index contributed by atoms with van der Waals surface area (Å²) in [6.45, 7) is 3.98. The third-order valence-electron chi connectivity index (χ3n) is 3.43. The van der Waals surface area contributed by atoms with Crippen molar-refractivity contribution < 1.29 is 9.53 Å². The SMILES string of the molecule is COc1cc(C(=O)Nc2nc3ccc(C)cc3s2)ccc1C. The average molecular weight is 312 g/mol. The number of methoxy groups -OCH3 is 1. The lowest BCUT2D eigenvalue weighted by atomic mass is 10.1. The molecule has 3 rings (SSSR count). The topological polar surface area (TPSA) is 51.2 Å². The highest BCUT2D eigenvalue weighted by molar-refractivity contribution is 7.22. The molecule has 4 nitrogen and oxygen atoms in total. The second kappa shape index (κ2) is 5.77. The van der Waals surface area contributed by atoms with E-state index in [1.54, 1.807) is 19.2 Å². The Balaban J connectivity index is 1.86. The first-order valence-electron chi connectivity index (χ1n) is 6.90. The van der Waals surface area contributed by atoms with Crippen molar-refractivity contribution in [2.75, 3.05) is 12.4 Å². The molecule has 1 aromatic heterocycles. The Morgan fingerprint density at radius 1 is 1.18 bits per heavy atom. The van der Waals surface area contributed by atoms with Crippen LogP contribution in [0.3, 0.4) is 0 Å². The Labute approximate surface area is 132 Å². The van der Waals surface area contributed by atoms with E-state index in [2.05, 4.69) is 16.4 Å². The first kappa shape index (κ1) is 14.5. The fraction of sp³-hybridized carbons (Fsp3) is 0.176. The number of carbonyl (C=O) groups excluding carboxylic acids is 1. The molecule has 0 fully saturated rings. The van der Waals surface area contributed by atoms with E-state index in [1.807, 2.05) is 32.0 Å². The summed E-state index contributed by atoms with van der Waals surface area (Å²) in [5, 5.41) is 3.45. The van der Waals surface area contributed by atoms with Gasteiger partial charge in [-0.25, -0.2) is 4.98 Å². The molecule has 1 N–H and O–H groups in total. The molecule has 2 aromatic carbocycles. The van der Waals surface area contributed by atoms with Gasteiger partial charge in [0, 0.05) is 5.56 Å². The molecule has 1 heterocycles. The van der Waals surface area contributed by atoms with Crippen LogP contribution in [0.4, 0.5) is 5.13 Å². The summed E-state index contributed by atoms with van der Waals surface area (Å²) in [7, 11) is 1.60. The van der Waals surface area contributed by atoms with E-state index < -0.39 is 0 Å². The Bertz CT molecular complexity index is 855. The number of rotatable bonds is 3. The van der Waals surface area contributed by atoms with E-state index in [0.29, 0.717) is 16.4 Å². The van der Waals surface area contributed by atoms with Gasteiger partial charge in [0.25, 0.3) is 5.91 Å². The van der Waals surface area contributed by atoms with E-state index in [4.69, 9.17) is 4.74 Å². The van der Waals surface area contributed by atoms with Crippen LogP contribution < -0.4 is 10.1 Å². The number of thiazole rings is 1. The van der Waals surface area contributed by atoms with E-state index >= 15 is 0 Å². The first-order valence-corrected chi connectivity index (χ1v) is 7.71. The fourth-order valence-electron chi connectivity index (χ4n) is 2.22. The summed E-state index contributed by atoms with van der Waals surface area (Å²) in [6, 6.07) is 11.4. The normalized spacial score (nSPS) is 10.7. The van der Waals surface area contributed by atoms with Crippen LogP contribution in [0.15, 0.2) is 36.4 Å². The molecule has 112 valence electrons. The minimum atomic E-state index is -0.186. The zero-order chi connectivity index (χ0) is 15.7. The third kappa shape index (κ3) is 2.80. The lowest BCUT2D eigenvalue weighted by Gasteiger charge is -2.07. The molecule has 0 spiro atoms. The van der Waals surface area contributed by atoms with Gasteiger partial charge in [0.1, 0.15) is 5.75 Å². The minimum absolute atomic E-state index is 0.186. The molecule has 0 aliphatic carbocycles. The highest BCUT2D eigenvalue weighted by Crippen LogP contribution is 2.27. The number of anilines is 1. The Morgan fingerprint density at radius 2 is 2.00 bits per heavy atom. The molecule has 0 aliphatic heterocycles. The largest absolute Gasteiger partial charge is 0.496 e. The van der Waals surface area contributed by atoms with Crippen molar-refractivity contribution in [1.29, 1.82) is 0 Å². The molecule has 0 atom stereocenters. The Morgan fingerprint density at radius 3 is 2.77 bits per heavy atom. The molecular weight excluding hydrogens is 296 g/mol. The van der Waals surface area contributed by atoms with Crippen LogP contribution in [0.1, 0.15) is 21.5 Å². The Hall–Kier alpha value is -2.40. The number of hydrogen-bond donors (Lipinski definition) is 1. The maximum absolute atomic E-state index is 12.3. The summed E-state index contributed by atoms with van der Waals surface area (Å²) in [6.07, 6.45) is 0. The summed E-state index contributed by atoms with van der Waals surface area (Å²) >= 11 is 1.47. The van der Waals surface area contributed by atoms with Gasteiger partial charge in [-0.3, -0.25) is 10.1 Å². The van der Waals surface area contributed by atoms with Gasteiger partial charge in [-0.2, -0.15) is 0 Å². The van der Waals surface area contributed by atoms with Gasteiger partial charge in [0.15, 0.2) is 5.13 Å². The quantitative estimate of drug-likeness (QED) is 0.789. The Kier molecular flexibility index (Phi) is 3.81. The van der Waals surface area contributed by atoms with Crippen molar-refractivity contribution in [1.82, 2.24) is 4.98 Å². The van der Waals surface area contributed by atoms with Crippen LogP contribution >= 0.6 is 11.3 Å². The van der Waals surface area contributed by atoms with E-state index in [9.17, 15) is 4.79 Å². The molecule has 5 heteroatoms. The fourth-order valence-corrected chi connectivity index (χ4v) is 3.17. The monoisotopic (exact) mass is 312 g/mol. The second-order valence-electron chi connectivity index (χ2n) is 5.13. The summed E-state index contributed by atoms with van der Waals surface area (Å²) in [5.74, 6) is 0.515. The number of aromatic nitrogens is 1. The lowest BCUT2D eigenvalue weighted by molar-refractivity contribution is 0.102. The second-order valence-corrected chi connectivity index (χ2v) is 6.16. The number of benzene rings is 2. The van der Waals surface area contributed by atoms with Gasteiger partial charge in [0.2, 0.25) is 0 Å². The number of ether oxygens (including phenoxy) is 1. The summed E-state index contributed by atoms with van der Waals surface area (Å²) < 4.78 is 6.32. The zero-order valence-corrected chi connectivity index (χ0v) is 13.5. The first-order chi connectivity index (χ1) is 10.6. The number of fused-ring (bicyclic) bond motifs is 1. The van der Waals surface area contributed by atoms with Crippen molar-refractivity contribution in [3.63, 3.8) is 0 Å². The van der Waals surface area contributed by atoms with Gasteiger partial charge in [-0.1, -0.05) is 23.5 Å². The molecule has 0 radical (unpaired) electrons. The molecule has 0 bridgehead atoms. The number of amides is 1. The third-order valence-corrected chi connectivity index (χ3v) is 4.37. The molecule has 0 saturated heterocycles. The number of nitrogens with one attached hydrogen (secondary N) is 1. The van der Waals surface area contributed by atoms with E-state index in [-0.39, 0.29) is 5.91 Å². The zero-order valence-electron chi connectivity index (χ0n) is 12.6. The molecule has 22 heavy (non-hydrogen) atoms. The minimum Gasteiger partial charge on any atom is -0.496 e. The van der Waals surface area contributed by atoms with Crippen LogP contribution in [0.25, 0.3) is 10.2 Å². The standard InChI is InChI=1S/C17H16N2O2S/c1-10-4-7-13-15(8-10)22-17(18-13)19-16(20)12-6-5-11(2)14(9-12)21-3/h4-9H,1-3H3,(H,18,19,20). The summed E-state index contributed by atoms with van der Waals surface area (Å²) in [5.41, 5.74) is 3.62. The van der Waals surface area contributed by atoms with E-state index in [1.165, 1.54) is 16.9 Å². The van der Waals surface area contributed by atoms with Gasteiger partial charge in [-0.05, 0) is 49.2 Å². The van der Waals surface area contributed by atoms with E-state index in [0.717, 1.165) is 15.8 Å². The van der Waals surface area contributed by atoms with Crippen molar-refractivity contribution >= 4 is 32.6 Å². The van der Waals surface area contributed by atoms with Crippen LogP contribution in [-0.2, 0) is 0 Å². The number of hydrogen-bond acceptors (Lipinski definition) is 4. The summed E-state index contributed by atoms with van der Waals surface area (Å²) in [4.78, 5) is 16.8. The van der Waals surface area contributed by atoms with Crippen LogP contribution in [0.2, 0.25) is 0 Å². The van der Waals surface area contributed by atoms with Gasteiger partial charge >= 0.3 is 0 Å². The molecule has 1 amide bonds. The van der Waals surface area contributed by atoms with Crippen molar-refractivity contribution in [2.24, 2.45) is 0 Å². The van der Waals surface area contributed by atoms with Crippen LogP contribution in [-0.4, -0.2) is 18.0 Å². The maximum atomic E-state index is 12.3. The smallest absolute Gasteiger partial charge is 0.257 e. The van der Waals surface area contributed by atoms with Crippen LogP contribution in [0.5, 0.6) is 5.75 Å². The number of aryl methyl sites for hydroxylation is 2. The highest BCUT2D eigenvalue weighted by Gasteiger charge is 2.11. The average Bonchev–Trinajstić information content (AvgIpc) is 2.88. The van der Waals surface area contributed by atoms with Crippen molar-refractivity contribution in [3.05, 3.63) is 53.1 Å². The van der Waals surface area contributed by atoms with Gasteiger partial charge < -0.3 is 4.74 Å². The molecule has 3 aromatic rings. The highest BCUT2D eigenvalue weighted by atomic mass is 32.1. The molecule has 0 saturated carbocycles. The van der Waals surface area contributed by atoms with Crippen molar-refractivity contribution in [3.8, 4) is 5.75 Å². The molecular formula is C17H16N2O2S. The van der Waals surface area contributed by atoms with Crippen molar-refractivity contribution in [2.45, 2.75) is 13.8 Å². The maximum Gasteiger partial charge on any atom is 0.257 e. The number of carbonyl (C=O) groups is 1. The molecule has 0 unspecified atom stereocenters. The molecule has 0 aliphatic rings. The number of nitrogens with zero attached hydrogens (tertiary/aromatic N) is 1. The van der Waals surface area contributed by atoms with Crippen LogP contribution in [0, 0.1) is 13.8 Å². The lowest BCUT2D eigenvalue weighted by Crippen LogP contribution is -2.11. The van der Waals surface area contributed by atoms with Gasteiger partial charge in [0.05, 0.1) is 17.3 Å².